The molecular formula is C13H14ClN3O. The summed E-state index contributed by atoms with van der Waals surface area (Å²) in [6.07, 6.45) is 1.55. The van der Waals surface area contributed by atoms with Gasteiger partial charge in [0.2, 0.25) is 0 Å². The molecule has 5 heteroatoms. The minimum Gasteiger partial charge on any atom is -0.494 e. The molecule has 2 aromatic rings. The van der Waals surface area contributed by atoms with Crippen molar-refractivity contribution in [3.05, 3.63) is 41.6 Å². The maximum Gasteiger partial charge on any atom is 0.153 e. The lowest BCUT2D eigenvalue weighted by molar-refractivity contribution is 0.340. The Morgan fingerprint density at radius 3 is 2.67 bits per heavy atom. The van der Waals surface area contributed by atoms with Gasteiger partial charge >= 0.3 is 0 Å². The predicted molar refractivity (Wildman–Crippen MR) is 74.6 cm³/mol. The van der Waals surface area contributed by atoms with Crippen LogP contribution in [0, 0.1) is 0 Å². The summed E-state index contributed by atoms with van der Waals surface area (Å²) in [5.41, 5.74) is 7.21. The molecule has 0 aliphatic rings. The Morgan fingerprint density at radius 2 is 2.06 bits per heavy atom. The number of ether oxygens (including phenoxy) is 1. The molecule has 18 heavy (non-hydrogen) atoms. The largest absolute Gasteiger partial charge is 0.494 e. The van der Waals surface area contributed by atoms with Gasteiger partial charge in [-0.2, -0.15) is 0 Å². The number of nitrogen functional groups attached to an aromatic ring is 1. The number of nitrogens with zero attached hydrogens (tertiary/aromatic N) is 1. The maximum atomic E-state index is 5.81. The number of halogens is 1. The van der Waals surface area contributed by atoms with Crippen LogP contribution in [0.1, 0.15) is 6.92 Å². The first-order chi connectivity index (χ1) is 8.69. The molecule has 94 valence electrons. The van der Waals surface area contributed by atoms with Crippen LogP contribution in [0.2, 0.25) is 5.02 Å². The van der Waals surface area contributed by atoms with Crippen molar-refractivity contribution in [2.24, 2.45) is 0 Å². The van der Waals surface area contributed by atoms with E-state index >= 15 is 0 Å². The molecule has 0 unspecified atom stereocenters. The lowest BCUT2D eigenvalue weighted by Gasteiger charge is -2.09. The Hall–Kier alpha value is -1.94. The summed E-state index contributed by atoms with van der Waals surface area (Å²) in [4.78, 5) is 4.13. The fraction of sp³-hybridized carbons (Fsp3) is 0.154. The summed E-state index contributed by atoms with van der Waals surface area (Å²) in [7, 11) is 0. The van der Waals surface area contributed by atoms with Gasteiger partial charge in [0, 0.05) is 11.9 Å². The molecule has 4 nitrogen and oxygen atoms in total. The van der Waals surface area contributed by atoms with E-state index in [9.17, 15) is 0 Å². The number of aromatic nitrogens is 1. The number of rotatable bonds is 4. The third-order valence-electron chi connectivity index (χ3n) is 2.31. The molecule has 0 amide bonds. The minimum atomic E-state index is 0.511. The van der Waals surface area contributed by atoms with Gasteiger partial charge in [0.15, 0.2) is 5.82 Å². The second-order valence-electron chi connectivity index (χ2n) is 3.67. The molecule has 0 radical (unpaired) electrons. The quantitative estimate of drug-likeness (QED) is 0.887. The van der Waals surface area contributed by atoms with Crippen molar-refractivity contribution < 1.29 is 4.74 Å². The first-order valence-electron chi connectivity index (χ1n) is 5.60. The van der Waals surface area contributed by atoms with Gasteiger partial charge in [0.1, 0.15) is 5.75 Å². The van der Waals surface area contributed by atoms with Crippen molar-refractivity contribution in [2.45, 2.75) is 6.92 Å². The summed E-state index contributed by atoms with van der Waals surface area (Å²) in [6.45, 7) is 2.60. The Bertz CT molecular complexity index is 528. The highest BCUT2D eigenvalue weighted by Gasteiger charge is 2.02. The van der Waals surface area contributed by atoms with Gasteiger partial charge < -0.3 is 15.8 Å². The number of hydrogen-bond donors (Lipinski definition) is 2. The summed E-state index contributed by atoms with van der Waals surface area (Å²) in [5, 5.41) is 3.64. The molecule has 1 aromatic heterocycles. The Kier molecular flexibility index (Phi) is 3.89. The zero-order valence-electron chi connectivity index (χ0n) is 9.98. The molecule has 0 fully saturated rings. The minimum absolute atomic E-state index is 0.511. The molecular weight excluding hydrogens is 250 g/mol. The zero-order chi connectivity index (χ0) is 13.0. The van der Waals surface area contributed by atoms with E-state index in [4.69, 9.17) is 22.1 Å². The van der Waals surface area contributed by atoms with Crippen LogP contribution in [0.25, 0.3) is 0 Å². The lowest BCUT2D eigenvalue weighted by Crippen LogP contribution is -1.99. The molecule has 2 rings (SSSR count). The van der Waals surface area contributed by atoms with E-state index in [0.717, 1.165) is 11.4 Å². The molecule has 0 bridgehead atoms. The molecule has 0 aliphatic carbocycles. The first kappa shape index (κ1) is 12.5. The van der Waals surface area contributed by atoms with E-state index in [1.165, 1.54) is 0 Å². The Balaban J connectivity index is 2.13. The third kappa shape index (κ3) is 3.05. The first-order valence-corrected chi connectivity index (χ1v) is 5.97. The third-order valence-corrected chi connectivity index (χ3v) is 2.52. The van der Waals surface area contributed by atoms with E-state index in [2.05, 4.69) is 10.3 Å². The lowest BCUT2D eigenvalue weighted by atomic mass is 10.3. The average Bonchev–Trinajstić information content (AvgIpc) is 2.35. The highest BCUT2D eigenvalue weighted by Crippen LogP contribution is 2.24. The fourth-order valence-electron chi connectivity index (χ4n) is 1.50. The number of nitrogens with two attached hydrogens (primary N) is 1. The van der Waals surface area contributed by atoms with Crippen LogP contribution >= 0.6 is 11.6 Å². The summed E-state index contributed by atoms with van der Waals surface area (Å²) in [5.74, 6) is 1.42. The van der Waals surface area contributed by atoms with Gasteiger partial charge in [-0.05, 0) is 37.3 Å². The standard InChI is InChI=1S/C13H14ClN3O/c1-2-18-11-5-3-10(4-6-11)17-13-12(15)7-9(14)8-16-13/h3-8H,2,15H2,1H3,(H,16,17). The molecule has 0 saturated heterocycles. The van der Waals surface area contributed by atoms with Crippen LogP contribution < -0.4 is 15.8 Å². The van der Waals surface area contributed by atoms with E-state index in [-0.39, 0.29) is 0 Å². The van der Waals surface area contributed by atoms with Crippen molar-refractivity contribution >= 4 is 28.8 Å². The highest BCUT2D eigenvalue weighted by atomic mass is 35.5. The van der Waals surface area contributed by atoms with Crippen LogP contribution in [-0.4, -0.2) is 11.6 Å². The Morgan fingerprint density at radius 1 is 1.33 bits per heavy atom. The zero-order valence-corrected chi connectivity index (χ0v) is 10.7. The molecule has 1 aromatic carbocycles. The fourth-order valence-corrected chi connectivity index (χ4v) is 1.66. The van der Waals surface area contributed by atoms with Crippen molar-refractivity contribution in [2.75, 3.05) is 17.7 Å². The van der Waals surface area contributed by atoms with Crippen LogP contribution in [0.5, 0.6) is 5.75 Å². The predicted octanol–water partition coefficient (Wildman–Crippen LogP) is 3.46. The summed E-state index contributed by atoms with van der Waals surface area (Å²) >= 11 is 5.79. The van der Waals surface area contributed by atoms with Crippen molar-refractivity contribution in [1.29, 1.82) is 0 Å². The number of hydrogen-bond acceptors (Lipinski definition) is 4. The van der Waals surface area contributed by atoms with Crippen LogP contribution in [0.4, 0.5) is 17.2 Å². The Labute approximate surface area is 111 Å². The van der Waals surface area contributed by atoms with Gasteiger partial charge in [0.25, 0.3) is 0 Å². The summed E-state index contributed by atoms with van der Waals surface area (Å²) in [6, 6.07) is 9.24. The number of pyridine rings is 1. The van der Waals surface area contributed by atoms with E-state index in [1.807, 2.05) is 31.2 Å². The van der Waals surface area contributed by atoms with Crippen molar-refractivity contribution in [1.82, 2.24) is 4.98 Å². The number of nitrogens with one attached hydrogen (secondary N) is 1. The number of anilines is 3. The van der Waals surface area contributed by atoms with Crippen LogP contribution in [-0.2, 0) is 0 Å². The van der Waals surface area contributed by atoms with Gasteiger partial charge in [0.05, 0.1) is 17.3 Å². The smallest absolute Gasteiger partial charge is 0.153 e. The normalized spacial score (nSPS) is 10.1. The van der Waals surface area contributed by atoms with Crippen LogP contribution in [0.3, 0.4) is 0 Å². The van der Waals surface area contributed by atoms with Gasteiger partial charge in [-0.3, -0.25) is 0 Å². The van der Waals surface area contributed by atoms with Crippen molar-refractivity contribution in [3.63, 3.8) is 0 Å². The van der Waals surface area contributed by atoms with E-state index in [0.29, 0.717) is 23.1 Å². The van der Waals surface area contributed by atoms with Gasteiger partial charge in [-0.25, -0.2) is 4.98 Å². The highest BCUT2D eigenvalue weighted by molar-refractivity contribution is 6.30. The molecule has 0 aliphatic heterocycles. The average molecular weight is 264 g/mol. The van der Waals surface area contributed by atoms with E-state index in [1.54, 1.807) is 12.3 Å². The monoisotopic (exact) mass is 263 g/mol. The maximum absolute atomic E-state index is 5.81. The second-order valence-corrected chi connectivity index (χ2v) is 4.11. The van der Waals surface area contributed by atoms with E-state index < -0.39 is 0 Å². The summed E-state index contributed by atoms with van der Waals surface area (Å²) < 4.78 is 5.36. The molecule has 1 heterocycles. The van der Waals surface area contributed by atoms with Crippen LogP contribution in [0.15, 0.2) is 36.5 Å². The molecule has 0 atom stereocenters. The molecule has 0 spiro atoms. The van der Waals surface area contributed by atoms with Gasteiger partial charge in [-0.1, -0.05) is 11.6 Å². The van der Waals surface area contributed by atoms with Crippen molar-refractivity contribution in [3.8, 4) is 5.75 Å². The second kappa shape index (κ2) is 5.60. The van der Waals surface area contributed by atoms with Gasteiger partial charge in [-0.15, -0.1) is 0 Å². The molecule has 3 N–H and O–H groups in total. The SMILES string of the molecule is CCOc1ccc(Nc2ncc(Cl)cc2N)cc1. The topological polar surface area (TPSA) is 60.2 Å². The number of benzene rings is 1. The molecule has 0 saturated carbocycles.